The molecule has 214 valence electrons. The minimum absolute atomic E-state index is 0.0574. The summed E-state index contributed by atoms with van der Waals surface area (Å²) in [5.41, 5.74) is 0.0657. The summed E-state index contributed by atoms with van der Waals surface area (Å²) in [6.45, 7) is 7.93. The molecule has 1 saturated heterocycles. The molecule has 1 aromatic rings. The highest BCUT2D eigenvalue weighted by atomic mass is 16.5. The topological polar surface area (TPSA) is 170 Å². The maximum atomic E-state index is 13.3. The minimum atomic E-state index is -1.15. The summed E-state index contributed by atoms with van der Waals surface area (Å²) in [5.74, 6) is -2.63. The Morgan fingerprint density at radius 3 is 2.70 bits per heavy atom. The highest BCUT2D eigenvalue weighted by molar-refractivity contribution is 5.95. The number of hydrogen-bond donors (Lipinski definition) is 3. The molecule has 0 saturated carbocycles. The van der Waals surface area contributed by atoms with Crippen LogP contribution in [0.25, 0.3) is 10.7 Å². The normalized spacial score (nSPS) is 30.5. The Hall–Kier alpha value is -4.24. The first-order valence-electron chi connectivity index (χ1n) is 13.2. The van der Waals surface area contributed by atoms with Crippen LogP contribution in [0.15, 0.2) is 52.4 Å². The van der Waals surface area contributed by atoms with Crippen molar-refractivity contribution in [3.05, 3.63) is 64.5 Å². The third kappa shape index (κ3) is 7.66. The van der Waals surface area contributed by atoms with Crippen LogP contribution < -0.4 is 5.32 Å². The van der Waals surface area contributed by atoms with E-state index in [2.05, 4.69) is 15.3 Å². The molecule has 1 fully saturated rings. The zero-order valence-electron chi connectivity index (χ0n) is 23.1. The van der Waals surface area contributed by atoms with Gasteiger partial charge in [-0.05, 0) is 31.8 Å². The predicted molar refractivity (Wildman–Crippen MR) is 145 cm³/mol. The molecule has 0 radical (unpaired) electrons. The summed E-state index contributed by atoms with van der Waals surface area (Å²) in [4.78, 5) is 47.2. The predicted octanol–water partition coefficient (Wildman–Crippen LogP) is 3.50. The van der Waals surface area contributed by atoms with Crippen LogP contribution in [0.1, 0.15) is 63.3 Å². The molecule has 0 spiro atoms. The Labute approximate surface area is 232 Å². The van der Waals surface area contributed by atoms with E-state index in [4.69, 9.17) is 9.15 Å². The lowest BCUT2D eigenvalue weighted by Crippen LogP contribution is -2.44. The summed E-state index contributed by atoms with van der Waals surface area (Å²) in [5, 5.41) is 33.1. The van der Waals surface area contributed by atoms with Gasteiger partial charge >= 0.3 is 17.6 Å². The molecular weight excluding hydrogens is 518 g/mol. The Morgan fingerprint density at radius 1 is 1.25 bits per heavy atom. The van der Waals surface area contributed by atoms with E-state index in [1.807, 2.05) is 20.8 Å². The number of aliphatic hydroxyl groups excluding tert-OH is 2. The van der Waals surface area contributed by atoms with Gasteiger partial charge in [0.2, 0.25) is 11.3 Å². The van der Waals surface area contributed by atoms with Gasteiger partial charge in [0, 0.05) is 25.4 Å². The summed E-state index contributed by atoms with van der Waals surface area (Å²) < 4.78 is 11.2. The van der Waals surface area contributed by atoms with Crippen molar-refractivity contribution in [3.8, 4) is 0 Å². The van der Waals surface area contributed by atoms with Crippen molar-refractivity contribution >= 4 is 23.5 Å². The number of aliphatic hydroxyl groups is 2. The fourth-order valence-corrected chi connectivity index (χ4v) is 4.69. The fraction of sp³-hybridized carbons (Fsp3) is 0.500. The number of allylic oxidation sites excluding steroid dienone is 2. The molecule has 3 heterocycles. The number of nitrogens with one attached hydrogen (secondary N) is 1. The maximum Gasteiger partial charge on any atom is 0.483 e. The number of aromatic nitrogens is 1. The molecule has 0 unspecified atom stereocenters. The monoisotopic (exact) mass is 554 g/mol. The highest BCUT2D eigenvalue weighted by Crippen LogP contribution is 2.27. The van der Waals surface area contributed by atoms with Gasteiger partial charge in [-0.3, -0.25) is 9.59 Å². The minimum Gasteiger partial charge on any atom is -0.505 e. The van der Waals surface area contributed by atoms with Crippen molar-refractivity contribution in [2.45, 2.75) is 65.2 Å². The first kappa shape index (κ1) is 30.3. The largest absolute Gasteiger partial charge is 0.505 e. The molecule has 2 bridgehead atoms. The number of nitrogens with zero attached hydrogens (tertiary/aromatic N) is 4. The zero-order valence-corrected chi connectivity index (χ0v) is 23.1. The van der Waals surface area contributed by atoms with Gasteiger partial charge in [0.1, 0.15) is 18.4 Å². The molecule has 1 aromatic heterocycles. The standard InChI is InChI=1S/C28H35N5O7/c1-16(2)25-18(4)9-10-23(36)30-11-5-7-17(3)13-19(34)14-22(35)24(32-29)26-31-20(15-39-26)27(37)33-12-6-8-21(33)28(38)40-25/h5,7,9-10,13,15-16,18-19,21,25,34H,6,8,11-12,14H2,1-4H3,(H-,30,31,35,36)/p+1/b7-5+,10-9+,17-13-/t18-,19+,21+,25-/m0/s1. The van der Waals surface area contributed by atoms with Gasteiger partial charge in [-0.2, -0.15) is 4.98 Å². The van der Waals surface area contributed by atoms with Gasteiger partial charge in [0.25, 0.3) is 5.91 Å². The van der Waals surface area contributed by atoms with E-state index in [9.17, 15) is 30.0 Å². The fourth-order valence-electron chi connectivity index (χ4n) is 4.69. The number of amides is 2. The number of fused-ring (bicyclic) bond motifs is 3. The number of hydrogen-bond acceptors (Lipinski definition) is 9. The van der Waals surface area contributed by atoms with Gasteiger partial charge in [-0.15, -0.1) is 0 Å². The van der Waals surface area contributed by atoms with Crippen LogP contribution in [-0.4, -0.2) is 69.2 Å². The van der Waals surface area contributed by atoms with E-state index in [1.165, 1.54) is 17.1 Å². The molecule has 12 heteroatoms. The zero-order chi connectivity index (χ0) is 29.4. The number of carbonyl (C=O) groups is 3. The summed E-state index contributed by atoms with van der Waals surface area (Å²) in [7, 11) is 0. The average Bonchev–Trinajstić information content (AvgIpc) is 3.58. The lowest BCUT2D eigenvalue weighted by atomic mass is 9.94. The van der Waals surface area contributed by atoms with Gasteiger partial charge < -0.3 is 29.6 Å². The Kier molecular flexibility index (Phi) is 10.4. The number of rotatable bonds is 1. The number of esters is 1. The SMILES string of the molecule is CC1=C/[C@@H](O)C/C(O)=C(\[N+]#N)c2nc(co2)C(=O)N2CCC[C@@H]2C(=O)O[C@@H](C(C)C)[C@@H](C)/C=C/C(=O)NC\C=C\1. The van der Waals surface area contributed by atoms with Gasteiger partial charge in [0.15, 0.2) is 16.4 Å². The molecule has 40 heavy (non-hydrogen) atoms. The second-order valence-corrected chi connectivity index (χ2v) is 10.3. The quantitative estimate of drug-likeness (QED) is 0.347. The Bertz CT molecular complexity index is 1270. The molecule has 12 nitrogen and oxygen atoms in total. The Balaban J connectivity index is 1.96. The summed E-state index contributed by atoms with van der Waals surface area (Å²) in [6, 6.07) is -0.835. The van der Waals surface area contributed by atoms with Crippen LogP contribution in [0.2, 0.25) is 0 Å². The third-order valence-electron chi connectivity index (χ3n) is 6.70. The molecule has 4 atom stereocenters. The van der Waals surface area contributed by atoms with Crippen LogP contribution in [0.3, 0.4) is 0 Å². The van der Waals surface area contributed by atoms with Crippen molar-refractivity contribution in [1.29, 1.82) is 5.39 Å². The summed E-state index contributed by atoms with van der Waals surface area (Å²) >= 11 is 0. The molecule has 3 N–H and O–H groups in total. The maximum absolute atomic E-state index is 13.3. The second kappa shape index (κ2) is 13.7. The molecule has 0 aromatic carbocycles. The van der Waals surface area contributed by atoms with Crippen LogP contribution in [-0.2, 0) is 14.3 Å². The molecule has 0 aliphatic carbocycles. The molecule has 2 aliphatic heterocycles. The van der Waals surface area contributed by atoms with E-state index in [1.54, 1.807) is 25.2 Å². The lowest BCUT2D eigenvalue weighted by Gasteiger charge is -2.29. The highest BCUT2D eigenvalue weighted by Gasteiger charge is 2.39. The van der Waals surface area contributed by atoms with Gasteiger partial charge in [-0.1, -0.05) is 50.6 Å². The smallest absolute Gasteiger partial charge is 0.483 e. The van der Waals surface area contributed by atoms with Crippen molar-refractivity contribution in [2.24, 2.45) is 11.8 Å². The van der Waals surface area contributed by atoms with Crippen molar-refractivity contribution in [2.75, 3.05) is 13.1 Å². The van der Waals surface area contributed by atoms with Gasteiger partial charge in [0.05, 0.1) is 6.10 Å². The van der Waals surface area contributed by atoms with E-state index in [0.29, 0.717) is 25.0 Å². The second-order valence-electron chi connectivity index (χ2n) is 10.3. The van der Waals surface area contributed by atoms with Crippen molar-refractivity contribution < 1.29 is 33.8 Å². The first-order valence-corrected chi connectivity index (χ1v) is 13.2. The van der Waals surface area contributed by atoms with Crippen LogP contribution in [0.4, 0.5) is 0 Å². The number of diazo groups is 1. The Morgan fingerprint density at radius 2 is 2.00 bits per heavy atom. The van der Waals surface area contributed by atoms with Gasteiger partial charge in [-0.25, -0.2) is 4.79 Å². The number of ether oxygens (including phenoxy) is 1. The van der Waals surface area contributed by atoms with Crippen LogP contribution in [0, 0.1) is 17.2 Å². The lowest BCUT2D eigenvalue weighted by molar-refractivity contribution is -0.158. The third-order valence-corrected chi connectivity index (χ3v) is 6.70. The number of carbonyl (C=O) groups excluding carboxylic acids is 3. The molecular formula is C28H36N5O7+. The number of cyclic esters (lactones) is 1. The molecule has 2 aliphatic rings. The van der Waals surface area contributed by atoms with E-state index in [0.717, 1.165) is 6.26 Å². The van der Waals surface area contributed by atoms with Crippen LogP contribution >= 0.6 is 0 Å². The van der Waals surface area contributed by atoms with E-state index in [-0.39, 0.29) is 42.3 Å². The van der Waals surface area contributed by atoms with Crippen molar-refractivity contribution in [3.63, 3.8) is 0 Å². The molecule has 2 amide bonds. The average molecular weight is 555 g/mol. The first-order chi connectivity index (χ1) is 19.0. The van der Waals surface area contributed by atoms with E-state index < -0.39 is 41.6 Å². The van der Waals surface area contributed by atoms with Crippen molar-refractivity contribution in [1.82, 2.24) is 15.2 Å². The van der Waals surface area contributed by atoms with E-state index >= 15 is 0 Å². The molecule has 3 rings (SSSR count). The number of oxazole rings is 1. The van der Waals surface area contributed by atoms with Crippen LogP contribution in [0.5, 0.6) is 0 Å². The summed E-state index contributed by atoms with van der Waals surface area (Å²) in [6.07, 6.45) is 7.98.